The molecule has 0 radical (unpaired) electrons. The molecule has 0 aromatic heterocycles. The van der Waals surface area contributed by atoms with Gasteiger partial charge in [-0.05, 0) is 56.3 Å². The first-order valence-corrected chi connectivity index (χ1v) is 7.71. The van der Waals surface area contributed by atoms with E-state index >= 15 is 0 Å². The van der Waals surface area contributed by atoms with Gasteiger partial charge in [-0.25, -0.2) is 13.1 Å². The van der Waals surface area contributed by atoms with Crippen LogP contribution in [-0.4, -0.2) is 14.0 Å². The predicted molar refractivity (Wildman–Crippen MR) is 63.2 cm³/mol. The highest BCUT2D eigenvalue weighted by Gasteiger charge is 2.52. The minimum atomic E-state index is -3.27. The lowest BCUT2D eigenvalue weighted by atomic mass is 9.53. The highest BCUT2D eigenvalue weighted by atomic mass is 32.2. The molecule has 16 heavy (non-hydrogen) atoms. The summed E-state index contributed by atoms with van der Waals surface area (Å²) >= 11 is 0. The first-order chi connectivity index (χ1) is 7.50. The van der Waals surface area contributed by atoms with E-state index < -0.39 is 10.0 Å². The second-order valence-electron chi connectivity index (χ2n) is 6.01. The fraction of sp³-hybridized carbons (Fsp3) is 0.833. The quantitative estimate of drug-likeness (QED) is 0.821. The Kier molecular flexibility index (Phi) is 2.24. The van der Waals surface area contributed by atoms with Crippen LogP contribution in [-0.2, 0) is 10.0 Å². The summed E-state index contributed by atoms with van der Waals surface area (Å²) in [5.74, 6) is 2.29. The molecule has 0 heterocycles. The lowest BCUT2D eigenvalue weighted by Gasteiger charge is -2.56. The van der Waals surface area contributed by atoms with Crippen molar-refractivity contribution in [3.8, 4) is 0 Å². The van der Waals surface area contributed by atoms with Crippen LogP contribution in [0.4, 0.5) is 0 Å². The highest BCUT2D eigenvalue weighted by molar-refractivity contribution is 7.92. The van der Waals surface area contributed by atoms with Gasteiger partial charge in [-0.1, -0.05) is 6.58 Å². The molecule has 0 aliphatic heterocycles. The maximum atomic E-state index is 11.7. The van der Waals surface area contributed by atoms with Crippen LogP contribution in [0.3, 0.4) is 0 Å². The smallest absolute Gasteiger partial charge is 0.208 e. The number of hydrogen-bond acceptors (Lipinski definition) is 2. The van der Waals surface area contributed by atoms with E-state index in [1.807, 2.05) is 0 Å². The zero-order chi connectivity index (χ0) is 11.4. The molecule has 0 unspecified atom stereocenters. The summed E-state index contributed by atoms with van der Waals surface area (Å²) in [4.78, 5) is 0. The van der Waals surface area contributed by atoms with Crippen molar-refractivity contribution in [2.75, 3.05) is 0 Å². The Bertz CT molecular complexity index is 377. The van der Waals surface area contributed by atoms with Crippen molar-refractivity contribution in [3.05, 3.63) is 12.0 Å². The van der Waals surface area contributed by atoms with Gasteiger partial charge in [-0.2, -0.15) is 0 Å². The molecule has 4 heteroatoms. The van der Waals surface area contributed by atoms with Crippen LogP contribution >= 0.6 is 0 Å². The van der Waals surface area contributed by atoms with E-state index in [0.29, 0.717) is 0 Å². The lowest BCUT2D eigenvalue weighted by Crippen LogP contribution is -2.59. The third-order valence-corrected chi connectivity index (χ3v) is 5.77. The second kappa shape index (κ2) is 3.33. The van der Waals surface area contributed by atoms with Gasteiger partial charge in [-0.15, -0.1) is 0 Å². The lowest BCUT2D eigenvalue weighted by molar-refractivity contribution is -0.00794. The molecular weight excluding hydrogens is 222 g/mol. The van der Waals surface area contributed by atoms with E-state index in [9.17, 15) is 8.42 Å². The maximum absolute atomic E-state index is 11.7. The fourth-order valence-corrected chi connectivity index (χ4v) is 5.52. The Morgan fingerprint density at radius 1 is 1.06 bits per heavy atom. The van der Waals surface area contributed by atoms with E-state index in [4.69, 9.17) is 0 Å². The van der Waals surface area contributed by atoms with Crippen molar-refractivity contribution in [2.24, 2.45) is 17.8 Å². The first kappa shape index (κ1) is 10.8. The molecule has 0 atom stereocenters. The first-order valence-electron chi connectivity index (χ1n) is 6.17. The summed E-state index contributed by atoms with van der Waals surface area (Å²) < 4.78 is 26.2. The molecule has 4 fully saturated rings. The molecular formula is C12H19NO2S. The van der Waals surface area contributed by atoms with E-state index in [-0.39, 0.29) is 5.54 Å². The molecule has 1 N–H and O–H groups in total. The zero-order valence-corrected chi connectivity index (χ0v) is 10.3. The Morgan fingerprint density at radius 3 is 1.88 bits per heavy atom. The van der Waals surface area contributed by atoms with Gasteiger partial charge >= 0.3 is 0 Å². The molecule has 4 aliphatic rings. The topological polar surface area (TPSA) is 46.2 Å². The van der Waals surface area contributed by atoms with Crippen molar-refractivity contribution < 1.29 is 8.42 Å². The van der Waals surface area contributed by atoms with Crippen molar-refractivity contribution in [2.45, 2.75) is 44.1 Å². The molecule has 0 spiro atoms. The van der Waals surface area contributed by atoms with Crippen LogP contribution in [0.15, 0.2) is 12.0 Å². The summed E-state index contributed by atoms with van der Waals surface area (Å²) in [6, 6.07) is 0. The Morgan fingerprint density at radius 2 is 1.50 bits per heavy atom. The van der Waals surface area contributed by atoms with Gasteiger partial charge in [0.25, 0.3) is 0 Å². The molecule has 4 aliphatic carbocycles. The minimum absolute atomic E-state index is 0.123. The third-order valence-electron chi connectivity index (χ3n) is 4.62. The summed E-state index contributed by atoms with van der Waals surface area (Å²) in [6.45, 7) is 3.38. The molecule has 0 aromatic rings. The van der Waals surface area contributed by atoms with E-state index in [2.05, 4.69) is 11.3 Å². The Labute approximate surface area is 97.4 Å². The van der Waals surface area contributed by atoms with Gasteiger partial charge in [0.2, 0.25) is 10.0 Å². The molecule has 4 bridgehead atoms. The van der Waals surface area contributed by atoms with E-state index in [1.54, 1.807) is 0 Å². The number of sulfonamides is 1. The molecule has 4 rings (SSSR count). The third kappa shape index (κ3) is 1.72. The standard InChI is InChI=1S/C12H19NO2S/c1-2-16(14,15)13-12-6-9-3-10(7-12)5-11(4-9)8-12/h2,9-11,13H,1,3-8H2. The van der Waals surface area contributed by atoms with Gasteiger partial charge in [-0.3, -0.25) is 0 Å². The minimum Gasteiger partial charge on any atom is -0.208 e. The number of hydrogen-bond donors (Lipinski definition) is 1. The maximum Gasteiger partial charge on any atom is 0.233 e. The van der Waals surface area contributed by atoms with Crippen LogP contribution in [0.2, 0.25) is 0 Å². The van der Waals surface area contributed by atoms with Gasteiger partial charge < -0.3 is 0 Å². The predicted octanol–water partition coefficient (Wildman–Crippen LogP) is 2.02. The normalized spacial score (nSPS) is 45.9. The summed E-state index contributed by atoms with van der Waals surface area (Å²) in [5, 5.41) is 1.05. The highest BCUT2D eigenvalue weighted by Crippen LogP contribution is 2.55. The molecule has 0 aromatic carbocycles. The molecule has 0 amide bonds. The van der Waals surface area contributed by atoms with Crippen LogP contribution in [0.1, 0.15) is 38.5 Å². The summed E-state index contributed by atoms with van der Waals surface area (Å²) in [5.41, 5.74) is -0.123. The molecule has 0 saturated heterocycles. The van der Waals surface area contributed by atoms with Crippen molar-refractivity contribution >= 4 is 10.0 Å². The SMILES string of the molecule is C=CS(=O)(=O)NC12CC3CC(CC(C3)C1)C2. The number of nitrogens with one attached hydrogen (secondary N) is 1. The van der Waals surface area contributed by atoms with Crippen molar-refractivity contribution in [3.63, 3.8) is 0 Å². The Hall–Kier alpha value is -0.350. The summed E-state index contributed by atoms with van der Waals surface area (Å²) in [6.07, 6.45) is 7.13. The van der Waals surface area contributed by atoms with E-state index in [1.165, 1.54) is 19.3 Å². The largest absolute Gasteiger partial charge is 0.233 e. The average molecular weight is 241 g/mol. The monoisotopic (exact) mass is 241 g/mol. The van der Waals surface area contributed by atoms with Gasteiger partial charge in [0.15, 0.2) is 0 Å². The van der Waals surface area contributed by atoms with Gasteiger partial charge in [0.05, 0.1) is 0 Å². The number of rotatable bonds is 3. The van der Waals surface area contributed by atoms with E-state index in [0.717, 1.165) is 42.4 Å². The average Bonchev–Trinajstić information content (AvgIpc) is 2.13. The Balaban J connectivity index is 1.86. The van der Waals surface area contributed by atoms with Crippen LogP contribution < -0.4 is 4.72 Å². The zero-order valence-electron chi connectivity index (χ0n) is 9.48. The van der Waals surface area contributed by atoms with Crippen LogP contribution in [0.5, 0.6) is 0 Å². The second-order valence-corrected chi connectivity index (χ2v) is 7.64. The summed E-state index contributed by atoms with van der Waals surface area (Å²) in [7, 11) is -3.27. The van der Waals surface area contributed by atoms with Crippen LogP contribution in [0, 0.1) is 17.8 Å². The van der Waals surface area contributed by atoms with Gasteiger partial charge in [0.1, 0.15) is 0 Å². The van der Waals surface area contributed by atoms with Gasteiger partial charge in [0, 0.05) is 10.9 Å². The van der Waals surface area contributed by atoms with Crippen molar-refractivity contribution in [1.82, 2.24) is 4.72 Å². The van der Waals surface area contributed by atoms with Crippen LogP contribution in [0.25, 0.3) is 0 Å². The fourth-order valence-electron chi connectivity index (χ4n) is 4.58. The molecule has 4 saturated carbocycles. The molecule has 3 nitrogen and oxygen atoms in total. The van der Waals surface area contributed by atoms with Crippen molar-refractivity contribution in [1.29, 1.82) is 0 Å². The molecule has 90 valence electrons.